The molecular formula is C23H31N3O2. The standard InChI is InChI=1S/C23H31N3O2/c1-5-17(2)21(25-22(27)18-11-7-6-8-12-18)23(28)24-15-19-13-9-10-14-20(19)16-26(3)4/h6-14,17,21H,5,15-16H2,1-4H3,(H,24,28)(H,25,27). The molecule has 0 aliphatic carbocycles. The summed E-state index contributed by atoms with van der Waals surface area (Å²) >= 11 is 0. The third-order valence-corrected chi connectivity index (χ3v) is 4.88. The Labute approximate surface area is 168 Å². The van der Waals surface area contributed by atoms with Crippen molar-refractivity contribution >= 4 is 11.8 Å². The second-order valence-corrected chi connectivity index (χ2v) is 7.43. The van der Waals surface area contributed by atoms with Gasteiger partial charge in [-0.05, 0) is 43.3 Å². The van der Waals surface area contributed by atoms with E-state index in [1.165, 1.54) is 5.56 Å². The number of nitrogens with one attached hydrogen (secondary N) is 2. The van der Waals surface area contributed by atoms with E-state index < -0.39 is 6.04 Å². The smallest absolute Gasteiger partial charge is 0.251 e. The van der Waals surface area contributed by atoms with E-state index in [1.807, 2.05) is 64.3 Å². The van der Waals surface area contributed by atoms with Gasteiger partial charge in [0.25, 0.3) is 5.91 Å². The SMILES string of the molecule is CCC(C)C(NC(=O)c1ccccc1)C(=O)NCc1ccccc1CN(C)C. The average Bonchev–Trinajstić information content (AvgIpc) is 2.70. The summed E-state index contributed by atoms with van der Waals surface area (Å²) < 4.78 is 0. The lowest BCUT2D eigenvalue weighted by Gasteiger charge is -2.24. The van der Waals surface area contributed by atoms with Crippen molar-refractivity contribution in [3.05, 3.63) is 71.3 Å². The van der Waals surface area contributed by atoms with Crippen molar-refractivity contribution in [3.8, 4) is 0 Å². The van der Waals surface area contributed by atoms with Crippen LogP contribution >= 0.6 is 0 Å². The summed E-state index contributed by atoms with van der Waals surface area (Å²) in [7, 11) is 4.04. The van der Waals surface area contributed by atoms with Gasteiger partial charge in [-0.2, -0.15) is 0 Å². The molecule has 150 valence electrons. The number of hydrogen-bond donors (Lipinski definition) is 2. The molecule has 2 N–H and O–H groups in total. The summed E-state index contributed by atoms with van der Waals surface area (Å²) in [6, 6.07) is 16.5. The van der Waals surface area contributed by atoms with Crippen molar-refractivity contribution in [2.75, 3.05) is 14.1 Å². The molecule has 0 heterocycles. The molecule has 28 heavy (non-hydrogen) atoms. The summed E-state index contributed by atoms with van der Waals surface area (Å²) in [6.07, 6.45) is 0.796. The number of nitrogens with zero attached hydrogens (tertiary/aromatic N) is 1. The van der Waals surface area contributed by atoms with Crippen LogP contribution in [0.15, 0.2) is 54.6 Å². The Bertz CT molecular complexity index is 774. The van der Waals surface area contributed by atoms with Crippen LogP contribution in [0, 0.1) is 5.92 Å². The molecule has 5 heteroatoms. The minimum atomic E-state index is -0.571. The van der Waals surface area contributed by atoms with Gasteiger partial charge in [0.05, 0.1) is 0 Å². The molecule has 2 aromatic rings. The molecule has 2 rings (SSSR count). The predicted octanol–water partition coefficient (Wildman–Crippen LogP) is 3.21. The molecule has 2 amide bonds. The molecule has 0 aliphatic heterocycles. The molecule has 0 fully saturated rings. The van der Waals surface area contributed by atoms with Crippen LogP contribution in [0.1, 0.15) is 41.8 Å². The average molecular weight is 382 g/mol. The highest BCUT2D eigenvalue weighted by molar-refractivity contribution is 5.97. The number of carbonyl (C=O) groups excluding carboxylic acids is 2. The molecule has 2 unspecified atom stereocenters. The minimum absolute atomic E-state index is 0.0321. The quantitative estimate of drug-likeness (QED) is 0.701. The maximum absolute atomic E-state index is 12.9. The monoisotopic (exact) mass is 381 g/mol. The normalized spacial score (nSPS) is 13.0. The molecular weight excluding hydrogens is 350 g/mol. The molecule has 0 spiro atoms. The van der Waals surface area contributed by atoms with Crippen LogP contribution in [0.5, 0.6) is 0 Å². The van der Waals surface area contributed by atoms with Crippen molar-refractivity contribution in [3.63, 3.8) is 0 Å². The van der Waals surface area contributed by atoms with Crippen LogP contribution in [0.2, 0.25) is 0 Å². The van der Waals surface area contributed by atoms with Gasteiger partial charge in [0.2, 0.25) is 5.91 Å². The van der Waals surface area contributed by atoms with Crippen molar-refractivity contribution in [2.45, 2.75) is 39.4 Å². The second kappa shape index (κ2) is 10.6. The lowest BCUT2D eigenvalue weighted by Crippen LogP contribution is -2.50. The van der Waals surface area contributed by atoms with E-state index in [4.69, 9.17) is 0 Å². The Hall–Kier alpha value is -2.66. The van der Waals surface area contributed by atoms with E-state index in [1.54, 1.807) is 12.1 Å². The van der Waals surface area contributed by atoms with Crippen molar-refractivity contribution in [2.24, 2.45) is 5.92 Å². The number of benzene rings is 2. The first kappa shape index (κ1) is 21.6. The van der Waals surface area contributed by atoms with E-state index in [9.17, 15) is 9.59 Å². The van der Waals surface area contributed by atoms with Gasteiger partial charge in [-0.3, -0.25) is 9.59 Å². The van der Waals surface area contributed by atoms with E-state index >= 15 is 0 Å². The van der Waals surface area contributed by atoms with Crippen LogP contribution in [-0.2, 0) is 17.9 Å². The Kier molecular flexibility index (Phi) is 8.20. The van der Waals surface area contributed by atoms with Gasteiger partial charge in [-0.15, -0.1) is 0 Å². The van der Waals surface area contributed by atoms with Crippen LogP contribution < -0.4 is 10.6 Å². The maximum atomic E-state index is 12.9. The van der Waals surface area contributed by atoms with E-state index in [-0.39, 0.29) is 17.7 Å². The van der Waals surface area contributed by atoms with Crippen LogP contribution in [0.3, 0.4) is 0 Å². The molecule has 0 saturated heterocycles. The number of rotatable bonds is 9. The minimum Gasteiger partial charge on any atom is -0.350 e. The van der Waals surface area contributed by atoms with E-state index in [0.29, 0.717) is 12.1 Å². The predicted molar refractivity (Wildman–Crippen MR) is 113 cm³/mol. The molecule has 0 bridgehead atoms. The Morgan fingerprint density at radius 3 is 2.18 bits per heavy atom. The number of hydrogen-bond acceptors (Lipinski definition) is 3. The maximum Gasteiger partial charge on any atom is 0.251 e. The third-order valence-electron chi connectivity index (χ3n) is 4.88. The van der Waals surface area contributed by atoms with Gasteiger partial charge in [-0.1, -0.05) is 62.7 Å². The topological polar surface area (TPSA) is 61.4 Å². The molecule has 2 aromatic carbocycles. The first-order chi connectivity index (χ1) is 13.4. The van der Waals surface area contributed by atoms with E-state index in [2.05, 4.69) is 21.6 Å². The zero-order valence-electron chi connectivity index (χ0n) is 17.2. The van der Waals surface area contributed by atoms with Gasteiger partial charge >= 0.3 is 0 Å². The molecule has 0 saturated carbocycles. The molecule has 5 nitrogen and oxygen atoms in total. The zero-order chi connectivity index (χ0) is 20.5. The fraction of sp³-hybridized carbons (Fsp3) is 0.391. The lowest BCUT2D eigenvalue weighted by atomic mass is 9.97. The first-order valence-electron chi connectivity index (χ1n) is 9.77. The van der Waals surface area contributed by atoms with Crippen molar-refractivity contribution < 1.29 is 9.59 Å². The first-order valence-corrected chi connectivity index (χ1v) is 9.77. The number of carbonyl (C=O) groups is 2. The Morgan fingerprint density at radius 2 is 1.57 bits per heavy atom. The van der Waals surface area contributed by atoms with Crippen LogP contribution in [0.25, 0.3) is 0 Å². The van der Waals surface area contributed by atoms with Gasteiger partial charge in [0, 0.05) is 18.7 Å². The van der Waals surface area contributed by atoms with Crippen LogP contribution in [-0.4, -0.2) is 36.9 Å². The van der Waals surface area contributed by atoms with Crippen LogP contribution in [0.4, 0.5) is 0 Å². The number of amides is 2. The molecule has 2 atom stereocenters. The van der Waals surface area contributed by atoms with Gasteiger partial charge < -0.3 is 15.5 Å². The Balaban J connectivity index is 2.07. The summed E-state index contributed by atoms with van der Waals surface area (Å²) in [5.41, 5.74) is 2.82. The third kappa shape index (κ3) is 6.20. The van der Waals surface area contributed by atoms with Gasteiger partial charge in [-0.25, -0.2) is 0 Å². The highest BCUT2D eigenvalue weighted by Gasteiger charge is 2.26. The summed E-state index contributed by atoms with van der Waals surface area (Å²) in [5, 5.41) is 5.92. The van der Waals surface area contributed by atoms with E-state index in [0.717, 1.165) is 18.5 Å². The van der Waals surface area contributed by atoms with Gasteiger partial charge in [0.1, 0.15) is 6.04 Å². The van der Waals surface area contributed by atoms with Crippen molar-refractivity contribution in [1.29, 1.82) is 0 Å². The summed E-state index contributed by atoms with van der Waals surface area (Å²) in [5.74, 6) is -0.350. The molecule has 0 radical (unpaired) electrons. The fourth-order valence-electron chi connectivity index (χ4n) is 3.03. The second-order valence-electron chi connectivity index (χ2n) is 7.43. The van der Waals surface area contributed by atoms with Gasteiger partial charge in [0.15, 0.2) is 0 Å². The summed E-state index contributed by atoms with van der Waals surface area (Å²) in [4.78, 5) is 27.5. The zero-order valence-corrected chi connectivity index (χ0v) is 17.2. The molecule has 0 aliphatic rings. The Morgan fingerprint density at radius 1 is 0.964 bits per heavy atom. The summed E-state index contributed by atoms with van der Waals surface area (Å²) in [6.45, 7) is 5.25. The molecule has 0 aromatic heterocycles. The fourth-order valence-corrected chi connectivity index (χ4v) is 3.03. The van der Waals surface area contributed by atoms with Crippen molar-refractivity contribution in [1.82, 2.24) is 15.5 Å². The highest BCUT2D eigenvalue weighted by atomic mass is 16.2. The highest BCUT2D eigenvalue weighted by Crippen LogP contribution is 2.13. The lowest BCUT2D eigenvalue weighted by molar-refractivity contribution is -0.124. The largest absolute Gasteiger partial charge is 0.350 e.